The highest BCUT2D eigenvalue weighted by atomic mass is 19.4. The molecule has 0 spiro atoms. The van der Waals surface area contributed by atoms with Gasteiger partial charge in [0, 0.05) is 25.8 Å². The molecule has 1 aromatic heterocycles. The molecule has 0 radical (unpaired) electrons. The van der Waals surface area contributed by atoms with E-state index >= 15 is 0 Å². The second kappa shape index (κ2) is 7.45. The molecule has 1 rings (SSSR count). The highest BCUT2D eigenvalue weighted by molar-refractivity contribution is 5.16. The third-order valence-corrected chi connectivity index (χ3v) is 2.68. The Hall–Kier alpha value is -1.14. The topological polar surface area (TPSA) is 28.2 Å². The Labute approximate surface area is 111 Å². The smallest absolute Gasteiger partial charge is 0.315 e. The molecule has 1 N–H and O–H groups in total. The molecule has 0 atom stereocenters. The van der Waals surface area contributed by atoms with E-state index in [9.17, 15) is 13.2 Å². The van der Waals surface area contributed by atoms with Crippen molar-refractivity contribution in [3.8, 4) is 0 Å². The van der Waals surface area contributed by atoms with Gasteiger partial charge in [-0.25, -0.2) is 0 Å². The van der Waals surface area contributed by atoms with E-state index < -0.39 is 11.7 Å². The first kappa shape index (κ1) is 15.9. The molecule has 108 valence electrons. The summed E-state index contributed by atoms with van der Waals surface area (Å²) in [6, 6.07) is 2.50. The maximum absolute atomic E-state index is 12.4. The van der Waals surface area contributed by atoms with E-state index in [-0.39, 0.29) is 0 Å². The van der Waals surface area contributed by atoms with Crippen LogP contribution in [-0.4, -0.2) is 36.6 Å². The molecule has 0 fully saturated rings. The van der Waals surface area contributed by atoms with Crippen LogP contribution in [-0.2, 0) is 12.7 Å². The first-order valence-corrected chi connectivity index (χ1v) is 6.35. The van der Waals surface area contributed by atoms with E-state index in [1.807, 2.05) is 11.9 Å². The number of rotatable bonds is 7. The fourth-order valence-corrected chi connectivity index (χ4v) is 1.61. The number of nitrogens with zero attached hydrogens (tertiary/aromatic N) is 2. The molecule has 1 aromatic rings. The van der Waals surface area contributed by atoms with Crippen LogP contribution in [0.5, 0.6) is 0 Å². The van der Waals surface area contributed by atoms with Gasteiger partial charge < -0.3 is 5.32 Å². The summed E-state index contributed by atoms with van der Waals surface area (Å²) in [5.74, 6) is 0. The van der Waals surface area contributed by atoms with Crippen molar-refractivity contribution in [3.05, 3.63) is 29.6 Å². The van der Waals surface area contributed by atoms with Crippen LogP contribution in [0, 0.1) is 0 Å². The SMILES string of the molecule is CCCNCCN(C)Cc1ccc(C(F)(F)F)cn1. The quantitative estimate of drug-likeness (QED) is 0.775. The molecule has 19 heavy (non-hydrogen) atoms. The van der Waals surface area contributed by atoms with Gasteiger partial charge in [0.15, 0.2) is 0 Å². The summed E-state index contributed by atoms with van der Waals surface area (Å²) in [5.41, 5.74) is -0.0606. The summed E-state index contributed by atoms with van der Waals surface area (Å²) in [6.07, 6.45) is -2.34. The van der Waals surface area contributed by atoms with Crippen LogP contribution < -0.4 is 5.32 Å². The molecule has 0 aromatic carbocycles. The van der Waals surface area contributed by atoms with Gasteiger partial charge in [-0.05, 0) is 32.1 Å². The Bertz CT molecular complexity index is 362. The molecule has 0 aliphatic carbocycles. The normalized spacial score (nSPS) is 12.1. The molecule has 0 aliphatic rings. The van der Waals surface area contributed by atoms with E-state index in [0.29, 0.717) is 12.2 Å². The van der Waals surface area contributed by atoms with Gasteiger partial charge in [0.05, 0.1) is 11.3 Å². The Balaban J connectivity index is 2.40. The number of hydrogen-bond acceptors (Lipinski definition) is 3. The first-order valence-electron chi connectivity index (χ1n) is 6.35. The van der Waals surface area contributed by atoms with E-state index in [1.54, 1.807) is 0 Å². The van der Waals surface area contributed by atoms with Gasteiger partial charge in [-0.3, -0.25) is 9.88 Å². The Kier molecular flexibility index (Phi) is 6.24. The molecule has 0 aliphatic heterocycles. The van der Waals surface area contributed by atoms with Crippen LogP contribution in [0.2, 0.25) is 0 Å². The molecule has 3 nitrogen and oxygen atoms in total. The lowest BCUT2D eigenvalue weighted by Crippen LogP contribution is -2.29. The minimum absolute atomic E-state index is 0.548. The van der Waals surface area contributed by atoms with E-state index in [2.05, 4.69) is 17.2 Å². The van der Waals surface area contributed by atoms with Crippen molar-refractivity contribution in [2.75, 3.05) is 26.7 Å². The fourth-order valence-electron chi connectivity index (χ4n) is 1.61. The van der Waals surface area contributed by atoms with Crippen molar-refractivity contribution in [1.29, 1.82) is 0 Å². The third kappa shape index (κ3) is 6.02. The van der Waals surface area contributed by atoms with Gasteiger partial charge in [-0.15, -0.1) is 0 Å². The lowest BCUT2D eigenvalue weighted by molar-refractivity contribution is -0.137. The van der Waals surface area contributed by atoms with Crippen molar-refractivity contribution in [1.82, 2.24) is 15.2 Å². The molecule has 1 heterocycles. The maximum Gasteiger partial charge on any atom is 0.417 e. The number of halogens is 3. The minimum Gasteiger partial charge on any atom is -0.315 e. The van der Waals surface area contributed by atoms with Crippen LogP contribution >= 0.6 is 0 Å². The molecular weight excluding hydrogens is 255 g/mol. The predicted octanol–water partition coefficient (Wildman–Crippen LogP) is 2.53. The number of nitrogens with one attached hydrogen (secondary N) is 1. The van der Waals surface area contributed by atoms with Crippen LogP contribution in [0.25, 0.3) is 0 Å². The summed E-state index contributed by atoms with van der Waals surface area (Å²) in [6.45, 7) is 5.33. The summed E-state index contributed by atoms with van der Waals surface area (Å²) < 4.78 is 37.1. The zero-order valence-electron chi connectivity index (χ0n) is 11.3. The number of alkyl halides is 3. The Morgan fingerprint density at radius 1 is 1.26 bits per heavy atom. The fraction of sp³-hybridized carbons (Fsp3) is 0.615. The molecule has 0 amide bonds. The lowest BCUT2D eigenvalue weighted by Gasteiger charge is -2.16. The average molecular weight is 275 g/mol. The van der Waals surface area contributed by atoms with Crippen LogP contribution in [0.1, 0.15) is 24.6 Å². The van der Waals surface area contributed by atoms with Gasteiger partial charge >= 0.3 is 6.18 Å². The molecular formula is C13H20F3N3. The summed E-state index contributed by atoms with van der Waals surface area (Å²) in [7, 11) is 1.92. The zero-order valence-corrected chi connectivity index (χ0v) is 11.3. The van der Waals surface area contributed by atoms with Crippen molar-refractivity contribution in [3.63, 3.8) is 0 Å². The van der Waals surface area contributed by atoms with Crippen molar-refractivity contribution in [2.45, 2.75) is 26.1 Å². The number of likely N-dealkylation sites (N-methyl/N-ethyl adjacent to an activating group) is 1. The summed E-state index contributed by atoms with van der Waals surface area (Å²) in [4.78, 5) is 5.87. The second-order valence-electron chi connectivity index (χ2n) is 4.52. The standard InChI is InChI=1S/C13H20F3N3/c1-3-6-17-7-8-19(2)10-12-5-4-11(9-18-12)13(14,15)16/h4-5,9,17H,3,6-8,10H2,1-2H3. The van der Waals surface area contributed by atoms with Crippen molar-refractivity contribution >= 4 is 0 Å². The predicted molar refractivity (Wildman–Crippen MR) is 68.7 cm³/mol. The van der Waals surface area contributed by atoms with E-state index in [0.717, 1.165) is 38.3 Å². The summed E-state index contributed by atoms with van der Waals surface area (Å²) >= 11 is 0. The Morgan fingerprint density at radius 2 is 2.00 bits per heavy atom. The first-order chi connectivity index (χ1) is 8.93. The van der Waals surface area contributed by atoms with Crippen LogP contribution in [0.4, 0.5) is 13.2 Å². The number of aromatic nitrogens is 1. The molecule has 0 saturated heterocycles. The lowest BCUT2D eigenvalue weighted by atomic mass is 10.2. The second-order valence-corrected chi connectivity index (χ2v) is 4.52. The van der Waals surface area contributed by atoms with Gasteiger partial charge in [0.1, 0.15) is 0 Å². The van der Waals surface area contributed by atoms with Gasteiger partial charge in [-0.1, -0.05) is 6.92 Å². The zero-order chi connectivity index (χ0) is 14.3. The average Bonchev–Trinajstić information content (AvgIpc) is 2.34. The largest absolute Gasteiger partial charge is 0.417 e. The maximum atomic E-state index is 12.4. The summed E-state index contributed by atoms with van der Waals surface area (Å²) in [5, 5.41) is 3.27. The van der Waals surface area contributed by atoms with Gasteiger partial charge in [0.25, 0.3) is 0 Å². The van der Waals surface area contributed by atoms with E-state index in [1.165, 1.54) is 6.07 Å². The van der Waals surface area contributed by atoms with Crippen LogP contribution in [0.3, 0.4) is 0 Å². The molecule has 6 heteroatoms. The monoisotopic (exact) mass is 275 g/mol. The van der Waals surface area contributed by atoms with Crippen LogP contribution in [0.15, 0.2) is 18.3 Å². The molecule has 0 bridgehead atoms. The number of hydrogen-bond donors (Lipinski definition) is 1. The molecule has 0 unspecified atom stereocenters. The number of pyridine rings is 1. The minimum atomic E-state index is -4.32. The van der Waals surface area contributed by atoms with Crippen molar-refractivity contribution in [2.24, 2.45) is 0 Å². The molecule has 0 saturated carbocycles. The third-order valence-electron chi connectivity index (χ3n) is 2.68. The van der Waals surface area contributed by atoms with Gasteiger partial charge in [-0.2, -0.15) is 13.2 Å². The highest BCUT2D eigenvalue weighted by Gasteiger charge is 2.30. The van der Waals surface area contributed by atoms with Gasteiger partial charge in [0.2, 0.25) is 0 Å². The van der Waals surface area contributed by atoms with E-state index in [4.69, 9.17) is 0 Å². The highest BCUT2D eigenvalue weighted by Crippen LogP contribution is 2.28. The Morgan fingerprint density at radius 3 is 2.53 bits per heavy atom. The van der Waals surface area contributed by atoms with Crippen molar-refractivity contribution < 1.29 is 13.2 Å².